The molecule has 2 aromatic rings. The third-order valence-electron chi connectivity index (χ3n) is 3.85. The van der Waals surface area contributed by atoms with Gasteiger partial charge in [-0.1, -0.05) is 24.3 Å². The SMILES string of the molecule is CC(Cc1ccc(OC(=O)c2ccc(CC(C)NO)cc2)cc1)NO. The average Bonchev–Trinajstić information content (AvgIpc) is 2.63. The van der Waals surface area contributed by atoms with Crippen LogP contribution in [0.3, 0.4) is 0 Å². The molecule has 0 radical (unpaired) electrons. The van der Waals surface area contributed by atoms with Crippen LogP contribution in [0.25, 0.3) is 0 Å². The van der Waals surface area contributed by atoms with E-state index < -0.39 is 5.97 Å². The van der Waals surface area contributed by atoms with E-state index in [1.807, 2.05) is 38.1 Å². The molecule has 0 saturated heterocycles. The number of carbonyl (C=O) groups excluding carboxylic acids is 1. The fraction of sp³-hybridized carbons (Fsp3) is 0.316. The van der Waals surface area contributed by atoms with Crippen molar-refractivity contribution in [3.05, 3.63) is 65.2 Å². The summed E-state index contributed by atoms with van der Waals surface area (Å²) in [6, 6.07) is 14.2. The zero-order chi connectivity index (χ0) is 18.2. The largest absolute Gasteiger partial charge is 0.423 e. The maximum atomic E-state index is 12.2. The van der Waals surface area contributed by atoms with Gasteiger partial charge in [0.25, 0.3) is 0 Å². The molecule has 4 N–H and O–H groups in total. The smallest absolute Gasteiger partial charge is 0.343 e. The van der Waals surface area contributed by atoms with E-state index in [0.29, 0.717) is 24.2 Å². The van der Waals surface area contributed by atoms with Gasteiger partial charge >= 0.3 is 5.97 Å². The third-order valence-corrected chi connectivity index (χ3v) is 3.85. The molecule has 0 aliphatic rings. The first kappa shape index (κ1) is 19.1. The summed E-state index contributed by atoms with van der Waals surface area (Å²) in [5.41, 5.74) is 6.91. The minimum atomic E-state index is -0.418. The van der Waals surface area contributed by atoms with Gasteiger partial charge in [-0.2, -0.15) is 0 Å². The summed E-state index contributed by atoms with van der Waals surface area (Å²) in [6.45, 7) is 3.73. The van der Waals surface area contributed by atoms with Crippen molar-refractivity contribution >= 4 is 5.97 Å². The summed E-state index contributed by atoms with van der Waals surface area (Å²) in [7, 11) is 0. The van der Waals surface area contributed by atoms with Crippen molar-refractivity contribution in [3.63, 3.8) is 0 Å². The molecule has 2 unspecified atom stereocenters. The molecule has 0 aromatic heterocycles. The van der Waals surface area contributed by atoms with E-state index in [9.17, 15) is 4.79 Å². The van der Waals surface area contributed by atoms with Gasteiger partial charge in [0.15, 0.2) is 0 Å². The van der Waals surface area contributed by atoms with Crippen LogP contribution in [0.4, 0.5) is 0 Å². The highest BCUT2D eigenvalue weighted by atomic mass is 16.5. The summed E-state index contributed by atoms with van der Waals surface area (Å²) >= 11 is 0. The Kier molecular flexibility index (Phi) is 7.09. The number of rotatable bonds is 8. The molecular formula is C19H24N2O4. The van der Waals surface area contributed by atoms with Crippen molar-refractivity contribution in [2.75, 3.05) is 0 Å². The van der Waals surface area contributed by atoms with E-state index in [1.165, 1.54) is 0 Å². The second kappa shape index (κ2) is 9.29. The molecule has 0 aliphatic carbocycles. The molecule has 2 atom stereocenters. The number of benzene rings is 2. The predicted octanol–water partition coefficient (Wildman–Crippen LogP) is 2.73. The average molecular weight is 344 g/mol. The lowest BCUT2D eigenvalue weighted by Gasteiger charge is -2.10. The molecule has 0 spiro atoms. The Morgan fingerprint density at radius 1 is 0.880 bits per heavy atom. The van der Waals surface area contributed by atoms with E-state index in [4.69, 9.17) is 15.2 Å². The summed E-state index contributed by atoms with van der Waals surface area (Å²) in [4.78, 5) is 12.2. The van der Waals surface area contributed by atoms with Gasteiger partial charge in [-0.25, -0.2) is 15.8 Å². The van der Waals surface area contributed by atoms with Crippen LogP contribution in [0.1, 0.15) is 35.3 Å². The van der Waals surface area contributed by atoms with Gasteiger partial charge in [-0.15, -0.1) is 0 Å². The minimum absolute atomic E-state index is 0.0457. The Morgan fingerprint density at radius 3 is 1.76 bits per heavy atom. The Morgan fingerprint density at radius 2 is 1.32 bits per heavy atom. The summed E-state index contributed by atoms with van der Waals surface area (Å²) in [6.07, 6.45) is 1.34. The number of esters is 1. The van der Waals surface area contributed by atoms with Gasteiger partial charge in [-0.3, -0.25) is 0 Å². The molecular weight excluding hydrogens is 320 g/mol. The van der Waals surface area contributed by atoms with E-state index in [1.54, 1.807) is 24.3 Å². The molecule has 6 heteroatoms. The minimum Gasteiger partial charge on any atom is -0.423 e. The highest BCUT2D eigenvalue weighted by molar-refractivity contribution is 5.91. The first-order valence-corrected chi connectivity index (χ1v) is 8.21. The number of ether oxygens (including phenoxy) is 1. The molecule has 0 bridgehead atoms. The lowest BCUT2D eigenvalue weighted by atomic mass is 10.1. The third kappa shape index (κ3) is 5.95. The van der Waals surface area contributed by atoms with Crippen LogP contribution in [-0.2, 0) is 12.8 Å². The highest BCUT2D eigenvalue weighted by Crippen LogP contribution is 2.16. The van der Waals surface area contributed by atoms with Crippen molar-refractivity contribution in [3.8, 4) is 5.75 Å². The van der Waals surface area contributed by atoms with Gasteiger partial charge in [0.2, 0.25) is 0 Å². The van der Waals surface area contributed by atoms with Crippen LogP contribution < -0.4 is 15.7 Å². The van der Waals surface area contributed by atoms with Crippen LogP contribution in [0.2, 0.25) is 0 Å². The number of nitrogens with one attached hydrogen (secondary N) is 2. The van der Waals surface area contributed by atoms with Crippen LogP contribution in [0, 0.1) is 0 Å². The van der Waals surface area contributed by atoms with Crippen molar-refractivity contribution in [2.24, 2.45) is 0 Å². The maximum Gasteiger partial charge on any atom is 0.343 e. The number of carbonyl (C=O) groups is 1. The van der Waals surface area contributed by atoms with E-state index in [-0.39, 0.29) is 12.1 Å². The van der Waals surface area contributed by atoms with Gasteiger partial charge in [0, 0.05) is 12.1 Å². The molecule has 2 rings (SSSR count). The van der Waals surface area contributed by atoms with Crippen LogP contribution in [0.5, 0.6) is 5.75 Å². The van der Waals surface area contributed by atoms with E-state index >= 15 is 0 Å². The zero-order valence-electron chi connectivity index (χ0n) is 14.4. The van der Waals surface area contributed by atoms with Crippen molar-refractivity contribution in [2.45, 2.75) is 38.8 Å². The van der Waals surface area contributed by atoms with E-state index in [2.05, 4.69) is 11.0 Å². The first-order chi connectivity index (χ1) is 12.0. The van der Waals surface area contributed by atoms with Gasteiger partial charge in [0.1, 0.15) is 5.75 Å². The highest BCUT2D eigenvalue weighted by Gasteiger charge is 2.10. The first-order valence-electron chi connectivity index (χ1n) is 8.21. The fourth-order valence-electron chi connectivity index (χ4n) is 2.43. The molecule has 0 amide bonds. The second-order valence-corrected chi connectivity index (χ2v) is 6.20. The molecule has 134 valence electrons. The summed E-state index contributed by atoms with van der Waals surface area (Å²) in [5, 5.41) is 17.7. The van der Waals surface area contributed by atoms with Crippen molar-refractivity contribution in [1.29, 1.82) is 0 Å². The van der Waals surface area contributed by atoms with Crippen LogP contribution in [0.15, 0.2) is 48.5 Å². The molecule has 25 heavy (non-hydrogen) atoms. The van der Waals surface area contributed by atoms with Gasteiger partial charge in [0.05, 0.1) is 5.56 Å². The van der Waals surface area contributed by atoms with Gasteiger partial charge in [-0.05, 0) is 62.1 Å². The Balaban J connectivity index is 1.95. The molecule has 0 heterocycles. The second-order valence-electron chi connectivity index (χ2n) is 6.20. The summed E-state index contributed by atoms with van der Waals surface area (Å²) in [5.74, 6) is 0.0542. The Labute approximate surface area is 147 Å². The summed E-state index contributed by atoms with van der Waals surface area (Å²) < 4.78 is 5.37. The predicted molar refractivity (Wildman–Crippen MR) is 94.0 cm³/mol. The Bertz CT molecular complexity index is 671. The lowest BCUT2D eigenvalue weighted by Crippen LogP contribution is -2.24. The molecule has 0 saturated carbocycles. The standard InChI is InChI=1S/C19H24N2O4/c1-13(20-23)11-15-3-7-17(8-4-15)19(22)25-18-9-5-16(6-10-18)12-14(2)21-24/h3-10,13-14,20-21,23-24H,11-12H2,1-2H3. The maximum absolute atomic E-state index is 12.2. The number of hydroxylamine groups is 2. The molecule has 0 aliphatic heterocycles. The molecule has 0 fully saturated rings. The lowest BCUT2D eigenvalue weighted by molar-refractivity contribution is 0.0734. The normalized spacial score (nSPS) is 13.3. The van der Waals surface area contributed by atoms with E-state index in [0.717, 1.165) is 11.1 Å². The number of hydrogen-bond donors (Lipinski definition) is 4. The zero-order valence-corrected chi connectivity index (χ0v) is 14.4. The Hall–Kier alpha value is -2.25. The molecule has 2 aromatic carbocycles. The number of hydrogen-bond acceptors (Lipinski definition) is 6. The quantitative estimate of drug-likeness (QED) is 0.334. The monoisotopic (exact) mass is 344 g/mol. The van der Waals surface area contributed by atoms with Crippen LogP contribution >= 0.6 is 0 Å². The van der Waals surface area contributed by atoms with Crippen LogP contribution in [-0.4, -0.2) is 28.5 Å². The fourth-order valence-corrected chi connectivity index (χ4v) is 2.43. The van der Waals surface area contributed by atoms with Crippen molar-refractivity contribution in [1.82, 2.24) is 11.0 Å². The van der Waals surface area contributed by atoms with Crippen molar-refractivity contribution < 1.29 is 19.9 Å². The molecule has 6 nitrogen and oxygen atoms in total. The van der Waals surface area contributed by atoms with Gasteiger partial charge < -0.3 is 15.2 Å². The topological polar surface area (TPSA) is 90.8 Å².